The summed E-state index contributed by atoms with van der Waals surface area (Å²) in [6.07, 6.45) is 3.21. The largest absolute Gasteiger partial charge is 0.381 e. The highest BCUT2D eigenvalue weighted by Crippen LogP contribution is 2.37. The number of ether oxygens (including phenoxy) is 1. The highest BCUT2D eigenvalue weighted by Gasteiger charge is 2.32. The van der Waals surface area contributed by atoms with Crippen molar-refractivity contribution in [1.29, 1.82) is 0 Å². The number of nitrogens with one attached hydrogen (secondary N) is 3. The second-order valence-corrected chi connectivity index (χ2v) is 10.8. The first-order chi connectivity index (χ1) is 18.5. The molecule has 0 aliphatic carbocycles. The van der Waals surface area contributed by atoms with Crippen LogP contribution in [0.3, 0.4) is 0 Å². The molecule has 11 heteroatoms. The highest BCUT2D eigenvalue weighted by molar-refractivity contribution is 6.35. The molecule has 1 saturated heterocycles. The third kappa shape index (κ3) is 5.47. The molecule has 4 heterocycles. The van der Waals surface area contributed by atoms with Gasteiger partial charge in [-0.3, -0.25) is 19.3 Å². The summed E-state index contributed by atoms with van der Waals surface area (Å²) in [5, 5.41) is 14.9. The number of hydrogen-bond donors (Lipinski definition) is 4. The highest BCUT2D eigenvalue weighted by atomic mass is 19.1. The van der Waals surface area contributed by atoms with Gasteiger partial charge in [0.05, 0.1) is 35.7 Å². The number of rotatable bonds is 7. The first kappa shape index (κ1) is 27.0. The Balaban J connectivity index is 1.34. The molecule has 4 N–H and O–H groups in total. The number of anilines is 2. The average molecular weight is 540 g/mol. The maximum Gasteiger partial charge on any atom is 0.256 e. The number of aromatic amines is 1. The van der Waals surface area contributed by atoms with E-state index in [9.17, 15) is 23.9 Å². The Morgan fingerprint density at radius 2 is 1.95 bits per heavy atom. The Kier molecular flexibility index (Phi) is 7.32. The number of H-pyrrole nitrogens is 1. The molecule has 10 nitrogen and oxygen atoms in total. The van der Waals surface area contributed by atoms with Gasteiger partial charge in [0, 0.05) is 56.1 Å². The van der Waals surface area contributed by atoms with Crippen LogP contribution < -0.4 is 10.6 Å². The molecule has 3 aliphatic rings. The van der Waals surface area contributed by atoms with Crippen molar-refractivity contribution >= 4 is 40.7 Å². The van der Waals surface area contributed by atoms with Crippen LogP contribution in [0, 0.1) is 12.7 Å². The molecule has 208 valence electrons. The Bertz CT molecular complexity index is 1350. The number of benzene rings is 1. The molecule has 0 radical (unpaired) electrons. The summed E-state index contributed by atoms with van der Waals surface area (Å²) >= 11 is 0. The quantitative estimate of drug-likeness (QED) is 0.400. The molecule has 0 saturated carbocycles. The van der Waals surface area contributed by atoms with E-state index in [1.54, 1.807) is 6.08 Å². The third-order valence-electron chi connectivity index (χ3n) is 7.49. The molecule has 2 aromatic rings. The summed E-state index contributed by atoms with van der Waals surface area (Å²) in [7, 11) is 0. The van der Waals surface area contributed by atoms with Crippen molar-refractivity contribution < 1.29 is 28.6 Å². The zero-order chi connectivity index (χ0) is 27.9. The van der Waals surface area contributed by atoms with Crippen molar-refractivity contribution in [2.75, 3.05) is 56.6 Å². The second-order valence-electron chi connectivity index (χ2n) is 10.8. The second kappa shape index (κ2) is 10.6. The SMILES string of the molecule is Cc1c(/C=C2\C(=O)Nc3cc(NC(=O)C(C)(C)O)c(F)cc32)[nH]c2c1C(=O)N(CCCN1CCOCC1)CC2. The minimum Gasteiger partial charge on any atom is -0.381 e. The van der Waals surface area contributed by atoms with Crippen molar-refractivity contribution in [1.82, 2.24) is 14.8 Å². The molecule has 1 fully saturated rings. The van der Waals surface area contributed by atoms with Crippen molar-refractivity contribution in [3.8, 4) is 0 Å². The average Bonchev–Trinajstić information content (AvgIpc) is 3.36. The zero-order valence-electron chi connectivity index (χ0n) is 22.4. The monoisotopic (exact) mass is 539 g/mol. The van der Waals surface area contributed by atoms with Gasteiger partial charge >= 0.3 is 0 Å². The normalized spacial score (nSPS) is 18.8. The van der Waals surface area contributed by atoms with E-state index in [0.717, 1.165) is 50.5 Å². The summed E-state index contributed by atoms with van der Waals surface area (Å²) in [5.74, 6) is -1.95. The zero-order valence-corrected chi connectivity index (χ0v) is 22.4. The number of nitrogens with zero attached hydrogens (tertiary/aromatic N) is 2. The lowest BCUT2D eigenvalue weighted by atomic mass is 10.0. The Morgan fingerprint density at radius 1 is 1.21 bits per heavy atom. The minimum absolute atomic E-state index is 0.0221. The van der Waals surface area contributed by atoms with E-state index >= 15 is 0 Å². The van der Waals surface area contributed by atoms with E-state index in [1.165, 1.54) is 26.0 Å². The van der Waals surface area contributed by atoms with Crippen LogP contribution >= 0.6 is 0 Å². The van der Waals surface area contributed by atoms with Gasteiger partial charge in [-0.25, -0.2) is 4.39 Å². The van der Waals surface area contributed by atoms with Crippen molar-refractivity contribution in [3.63, 3.8) is 0 Å². The predicted molar refractivity (Wildman–Crippen MR) is 145 cm³/mol. The van der Waals surface area contributed by atoms with Gasteiger partial charge in [0.25, 0.3) is 17.7 Å². The van der Waals surface area contributed by atoms with Gasteiger partial charge in [-0.05, 0) is 51.0 Å². The topological polar surface area (TPSA) is 127 Å². The van der Waals surface area contributed by atoms with Crippen LogP contribution in [-0.2, 0) is 20.7 Å². The summed E-state index contributed by atoms with van der Waals surface area (Å²) in [4.78, 5) is 45.8. The fourth-order valence-electron chi connectivity index (χ4n) is 5.20. The fraction of sp³-hybridized carbons (Fsp3) is 0.464. The molecule has 39 heavy (non-hydrogen) atoms. The summed E-state index contributed by atoms with van der Waals surface area (Å²) < 4.78 is 20.3. The molecular weight excluding hydrogens is 505 g/mol. The van der Waals surface area contributed by atoms with Crippen LogP contribution in [0.25, 0.3) is 11.6 Å². The van der Waals surface area contributed by atoms with Crippen molar-refractivity contribution in [3.05, 3.63) is 46.0 Å². The molecule has 0 unspecified atom stereocenters. The molecule has 3 aliphatic heterocycles. The third-order valence-corrected chi connectivity index (χ3v) is 7.49. The summed E-state index contributed by atoms with van der Waals surface area (Å²) in [6.45, 7) is 10.0. The van der Waals surface area contributed by atoms with Crippen molar-refractivity contribution in [2.24, 2.45) is 0 Å². The molecule has 0 spiro atoms. The maximum atomic E-state index is 14.9. The number of halogens is 1. The Morgan fingerprint density at radius 3 is 2.67 bits per heavy atom. The standard InChI is InChI=1S/C28H34FN5O5/c1-16-21(30-20-5-8-34(26(36)24(16)20)7-4-6-33-9-11-39-12-10-33)14-18-17-13-19(29)23(15-22(17)31-25(18)35)32-27(37)28(2,3)38/h13-15,30,38H,4-12H2,1-3H3,(H,31,35)(H,32,37)/b18-14-. The Labute approximate surface area is 226 Å². The van der Waals surface area contributed by atoms with Gasteiger partial charge in [-0.15, -0.1) is 0 Å². The van der Waals surface area contributed by atoms with Gasteiger partial charge in [0.1, 0.15) is 11.4 Å². The number of aromatic nitrogens is 1. The van der Waals surface area contributed by atoms with E-state index in [0.29, 0.717) is 42.0 Å². The van der Waals surface area contributed by atoms with E-state index in [-0.39, 0.29) is 17.2 Å². The molecule has 0 atom stereocenters. The van der Waals surface area contributed by atoms with Crippen LogP contribution in [-0.4, -0.2) is 89.2 Å². The van der Waals surface area contributed by atoms with Gasteiger partial charge in [-0.1, -0.05) is 0 Å². The lowest BCUT2D eigenvalue weighted by Gasteiger charge is -2.30. The lowest BCUT2D eigenvalue weighted by molar-refractivity contribution is -0.130. The number of hydrogen-bond acceptors (Lipinski definition) is 6. The van der Waals surface area contributed by atoms with E-state index in [2.05, 4.69) is 20.5 Å². The van der Waals surface area contributed by atoms with Gasteiger partial charge in [-0.2, -0.15) is 0 Å². The van der Waals surface area contributed by atoms with Crippen LogP contribution in [0.4, 0.5) is 15.8 Å². The maximum absolute atomic E-state index is 14.9. The predicted octanol–water partition coefficient (Wildman–Crippen LogP) is 2.38. The molecule has 5 rings (SSSR count). The van der Waals surface area contributed by atoms with E-state index < -0.39 is 23.2 Å². The summed E-state index contributed by atoms with van der Waals surface area (Å²) in [5.41, 5.74) is 1.94. The molecular formula is C28H34FN5O5. The van der Waals surface area contributed by atoms with Crippen LogP contribution in [0.5, 0.6) is 0 Å². The number of morpholine rings is 1. The molecule has 1 aromatic carbocycles. The van der Waals surface area contributed by atoms with Crippen LogP contribution in [0.1, 0.15) is 53.1 Å². The van der Waals surface area contributed by atoms with E-state index in [4.69, 9.17) is 4.74 Å². The number of carbonyl (C=O) groups excluding carboxylic acids is 3. The van der Waals surface area contributed by atoms with Gasteiger partial charge in [0.15, 0.2) is 0 Å². The first-order valence-corrected chi connectivity index (χ1v) is 13.2. The lowest BCUT2D eigenvalue weighted by Crippen LogP contribution is -2.41. The van der Waals surface area contributed by atoms with Gasteiger partial charge < -0.3 is 30.4 Å². The minimum atomic E-state index is -1.69. The number of aliphatic hydroxyl groups is 1. The van der Waals surface area contributed by atoms with E-state index in [1.807, 2.05) is 11.8 Å². The number of carbonyl (C=O) groups is 3. The Hall–Kier alpha value is -3.54. The fourth-order valence-corrected chi connectivity index (χ4v) is 5.20. The number of amides is 3. The van der Waals surface area contributed by atoms with Gasteiger partial charge in [0.2, 0.25) is 0 Å². The smallest absolute Gasteiger partial charge is 0.256 e. The van der Waals surface area contributed by atoms with Crippen LogP contribution in [0.2, 0.25) is 0 Å². The number of fused-ring (bicyclic) bond motifs is 2. The van der Waals surface area contributed by atoms with Crippen molar-refractivity contribution in [2.45, 2.75) is 39.2 Å². The molecule has 3 amide bonds. The molecule has 1 aromatic heterocycles. The summed E-state index contributed by atoms with van der Waals surface area (Å²) in [6, 6.07) is 2.51. The van der Waals surface area contributed by atoms with Crippen LogP contribution in [0.15, 0.2) is 12.1 Å². The first-order valence-electron chi connectivity index (χ1n) is 13.2. The molecule has 0 bridgehead atoms.